The highest BCUT2D eigenvalue weighted by Gasteiger charge is 2.26. The predicted molar refractivity (Wildman–Crippen MR) is 34.7 cm³/mol. The van der Waals surface area contributed by atoms with E-state index in [4.69, 9.17) is 10.2 Å². The number of hydrogen-bond acceptors (Lipinski definition) is 3. The Bertz CT molecular complexity index is 137. The fraction of sp³-hybridized carbons (Fsp3) is 0.833. The molecule has 4 nitrogen and oxygen atoms in total. The number of aliphatic carboxylic acids is 1. The van der Waals surface area contributed by atoms with Crippen LogP contribution >= 0.6 is 0 Å². The number of carbonyl (C=O) groups is 1. The van der Waals surface area contributed by atoms with Crippen LogP contribution in [0.15, 0.2) is 0 Å². The summed E-state index contributed by atoms with van der Waals surface area (Å²) in [5.41, 5.74) is 0. The number of aliphatic hydroxyl groups excluding tert-OH is 1. The standard InChI is InChI=1S/C6H11NO3/c8-5-1-2-7-4(5)3-6(9)10/h4-5,7-8H,1-3H2,(H,9,10)/t4-,5+/m0/s1. The minimum atomic E-state index is -0.863. The van der Waals surface area contributed by atoms with Crippen LogP contribution < -0.4 is 5.32 Å². The lowest BCUT2D eigenvalue weighted by atomic mass is 10.1. The van der Waals surface area contributed by atoms with Crippen LogP contribution in [0.1, 0.15) is 12.8 Å². The molecule has 0 aliphatic carbocycles. The molecule has 1 heterocycles. The van der Waals surface area contributed by atoms with E-state index in [9.17, 15) is 4.79 Å². The Labute approximate surface area is 58.9 Å². The summed E-state index contributed by atoms with van der Waals surface area (Å²) in [4.78, 5) is 10.1. The third kappa shape index (κ3) is 1.68. The van der Waals surface area contributed by atoms with Crippen LogP contribution in [0.25, 0.3) is 0 Å². The van der Waals surface area contributed by atoms with E-state index in [0.29, 0.717) is 6.42 Å². The molecule has 0 spiro atoms. The summed E-state index contributed by atoms with van der Waals surface area (Å²) >= 11 is 0. The van der Waals surface area contributed by atoms with Crippen LogP contribution in [-0.2, 0) is 4.79 Å². The smallest absolute Gasteiger partial charge is 0.305 e. The van der Waals surface area contributed by atoms with E-state index in [-0.39, 0.29) is 12.5 Å². The molecule has 0 bridgehead atoms. The summed E-state index contributed by atoms with van der Waals surface area (Å²) < 4.78 is 0. The largest absolute Gasteiger partial charge is 0.481 e. The van der Waals surface area contributed by atoms with Crippen molar-refractivity contribution in [2.75, 3.05) is 6.54 Å². The van der Waals surface area contributed by atoms with Crippen LogP contribution in [0.3, 0.4) is 0 Å². The van der Waals surface area contributed by atoms with E-state index in [1.165, 1.54) is 0 Å². The second kappa shape index (κ2) is 2.98. The maximum atomic E-state index is 10.1. The molecular formula is C6H11NO3. The Morgan fingerprint density at radius 3 is 2.80 bits per heavy atom. The van der Waals surface area contributed by atoms with Crippen molar-refractivity contribution in [1.29, 1.82) is 0 Å². The van der Waals surface area contributed by atoms with E-state index in [2.05, 4.69) is 5.32 Å². The first kappa shape index (κ1) is 7.50. The van der Waals surface area contributed by atoms with Crippen LogP contribution in [0, 0.1) is 0 Å². The molecule has 0 aromatic rings. The molecule has 0 radical (unpaired) electrons. The van der Waals surface area contributed by atoms with Crippen molar-refractivity contribution in [1.82, 2.24) is 5.32 Å². The maximum Gasteiger partial charge on any atom is 0.305 e. The summed E-state index contributed by atoms with van der Waals surface area (Å²) in [7, 11) is 0. The SMILES string of the molecule is O=C(O)C[C@@H]1NCC[C@H]1O. The summed E-state index contributed by atoms with van der Waals surface area (Å²) in [6.45, 7) is 0.721. The van der Waals surface area contributed by atoms with Gasteiger partial charge in [0.05, 0.1) is 12.5 Å². The van der Waals surface area contributed by atoms with Gasteiger partial charge < -0.3 is 15.5 Å². The molecule has 10 heavy (non-hydrogen) atoms. The topological polar surface area (TPSA) is 69.6 Å². The van der Waals surface area contributed by atoms with Gasteiger partial charge in [-0.1, -0.05) is 0 Å². The number of hydrogen-bond donors (Lipinski definition) is 3. The first-order chi connectivity index (χ1) is 4.70. The zero-order valence-electron chi connectivity index (χ0n) is 5.58. The summed E-state index contributed by atoms with van der Waals surface area (Å²) in [6, 6.07) is -0.238. The zero-order chi connectivity index (χ0) is 7.56. The van der Waals surface area contributed by atoms with Crippen molar-refractivity contribution in [2.45, 2.75) is 25.0 Å². The van der Waals surface area contributed by atoms with Crippen LogP contribution in [0.2, 0.25) is 0 Å². The van der Waals surface area contributed by atoms with E-state index in [1.54, 1.807) is 0 Å². The fourth-order valence-electron chi connectivity index (χ4n) is 1.15. The molecular weight excluding hydrogens is 134 g/mol. The maximum absolute atomic E-state index is 10.1. The summed E-state index contributed by atoms with van der Waals surface area (Å²) in [5, 5.41) is 20.4. The normalized spacial score (nSPS) is 32.5. The zero-order valence-corrected chi connectivity index (χ0v) is 5.58. The highest BCUT2D eigenvalue weighted by molar-refractivity contribution is 5.67. The Balaban J connectivity index is 2.33. The van der Waals surface area contributed by atoms with Gasteiger partial charge in [0.15, 0.2) is 0 Å². The molecule has 1 saturated heterocycles. The molecule has 1 rings (SSSR count). The average Bonchev–Trinajstić information content (AvgIpc) is 2.15. The van der Waals surface area contributed by atoms with Crippen molar-refractivity contribution >= 4 is 5.97 Å². The quantitative estimate of drug-likeness (QED) is 0.475. The van der Waals surface area contributed by atoms with Crippen molar-refractivity contribution in [2.24, 2.45) is 0 Å². The Hall–Kier alpha value is -0.610. The summed E-state index contributed by atoms with van der Waals surface area (Å²) in [5.74, 6) is -0.863. The third-order valence-corrected chi connectivity index (χ3v) is 1.71. The van der Waals surface area contributed by atoms with Gasteiger partial charge in [0.25, 0.3) is 0 Å². The second-order valence-corrected chi connectivity index (χ2v) is 2.51. The van der Waals surface area contributed by atoms with Crippen molar-refractivity contribution in [3.8, 4) is 0 Å². The molecule has 0 unspecified atom stereocenters. The highest BCUT2D eigenvalue weighted by atomic mass is 16.4. The number of nitrogens with one attached hydrogen (secondary N) is 1. The monoisotopic (exact) mass is 145 g/mol. The first-order valence-corrected chi connectivity index (χ1v) is 3.33. The molecule has 2 atom stereocenters. The van der Waals surface area contributed by atoms with Gasteiger partial charge in [0.1, 0.15) is 0 Å². The molecule has 1 fully saturated rings. The third-order valence-electron chi connectivity index (χ3n) is 1.71. The molecule has 4 heteroatoms. The average molecular weight is 145 g/mol. The van der Waals surface area contributed by atoms with E-state index >= 15 is 0 Å². The minimum Gasteiger partial charge on any atom is -0.481 e. The van der Waals surface area contributed by atoms with Crippen LogP contribution in [-0.4, -0.2) is 34.9 Å². The Morgan fingerprint density at radius 2 is 2.40 bits per heavy atom. The van der Waals surface area contributed by atoms with Gasteiger partial charge >= 0.3 is 5.97 Å². The van der Waals surface area contributed by atoms with Gasteiger partial charge in [-0.15, -0.1) is 0 Å². The molecule has 0 saturated carbocycles. The van der Waals surface area contributed by atoms with Gasteiger partial charge in [-0.25, -0.2) is 0 Å². The van der Waals surface area contributed by atoms with Crippen LogP contribution in [0.5, 0.6) is 0 Å². The second-order valence-electron chi connectivity index (χ2n) is 2.51. The van der Waals surface area contributed by atoms with Gasteiger partial charge in [0, 0.05) is 6.04 Å². The predicted octanol–water partition coefficient (Wildman–Crippen LogP) is -0.816. The van der Waals surface area contributed by atoms with E-state index in [1.807, 2.05) is 0 Å². The van der Waals surface area contributed by atoms with Crippen molar-refractivity contribution in [3.63, 3.8) is 0 Å². The molecule has 0 aromatic heterocycles. The Kier molecular flexibility index (Phi) is 2.24. The van der Waals surface area contributed by atoms with Gasteiger partial charge in [-0.3, -0.25) is 4.79 Å². The van der Waals surface area contributed by atoms with Gasteiger partial charge in [-0.05, 0) is 13.0 Å². The molecule has 0 amide bonds. The number of carboxylic acid groups (broad SMARTS) is 1. The molecule has 1 aliphatic heterocycles. The van der Waals surface area contributed by atoms with Crippen LogP contribution in [0.4, 0.5) is 0 Å². The number of rotatable bonds is 2. The number of aliphatic hydroxyl groups is 1. The van der Waals surface area contributed by atoms with Crippen molar-refractivity contribution in [3.05, 3.63) is 0 Å². The first-order valence-electron chi connectivity index (χ1n) is 3.33. The Morgan fingerprint density at radius 1 is 1.70 bits per heavy atom. The fourth-order valence-corrected chi connectivity index (χ4v) is 1.15. The van der Waals surface area contributed by atoms with E-state index in [0.717, 1.165) is 6.54 Å². The van der Waals surface area contributed by atoms with Gasteiger partial charge in [-0.2, -0.15) is 0 Å². The number of carboxylic acids is 1. The molecule has 3 N–H and O–H groups in total. The molecule has 1 aliphatic rings. The van der Waals surface area contributed by atoms with Crippen molar-refractivity contribution < 1.29 is 15.0 Å². The molecule has 0 aromatic carbocycles. The lowest BCUT2D eigenvalue weighted by Gasteiger charge is -2.10. The minimum absolute atomic E-state index is 0.0150. The lowest BCUT2D eigenvalue weighted by Crippen LogP contribution is -2.32. The highest BCUT2D eigenvalue weighted by Crippen LogP contribution is 2.09. The molecule has 58 valence electrons. The van der Waals surface area contributed by atoms with Gasteiger partial charge in [0.2, 0.25) is 0 Å². The summed E-state index contributed by atoms with van der Waals surface area (Å²) in [6.07, 6.45) is 0.204. The lowest BCUT2D eigenvalue weighted by molar-refractivity contribution is -0.138. The van der Waals surface area contributed by atoms with E-state index < -0.39 is 12.1 Å².